The first-order valence-corrected chi connectivity index (χ1v) is 6.71. The minimum absolute atomic E-state index is 0. The van der Waals surface area contributed by atoms with E-state index in [0.29, 0.717) is 0 Å². The Morgan fingerprint density at radius 3 is 1.44 bits per heavy atom. The van der Waals surface area contributed by atoms with Gasteiger partial charge in [-0.3, -0.25) is 0 Å². The zero-order chi connectivity index (χ0) is 6.83. The van der Waals surface area contributed by atoms with E-state index in [-0.39, 0.29) is 22.6 Å². The number of hydrogen-bond donors (Lipinski definition) is 0. The summed E-state index contributed by atoms with van der Waals surface area (Å²) in [6.07, 6.45) is 5.39. The van der Waals surface area contributed by atoms with Crippen molar-refractivity contribution in [2.45, 2.75) is 20.3 Å². The van der Waals surface area contributed by atoms with E-state index in [1.165, 1.54) is 0 Å². The van der Waals surface area contributed by atoms with Crippen molar-refractivity contribution in [2.75, 3.05) is 0 Å². The Kier molecular flexibility index (Phi) is 42.3. The first-order chi connectivity index (χ1) is 3.83. The molecule has 0 aliphatic heterocycles. The second-order valence-electron chi connectivity index (χ2n) is 1.10. The van der Waals surface area contributed by atoms with Crippen molar-refractivity contribution < 1.29 is 15.1 Å². The Morgan fingerprint density at radius 2 is 1.44 bits per heavy atom. The molecule has 0 unspecified atom stereocenters. The Morgan fingerprint density at radius 1 is 1.22 bits per heavy atom. The van der Waals surface area contributed by atoms with Crippen LogP contribution in [-0.2, 0) is 15.1 Å². The van der Waals surface area contributed by atoms with Crippen LogP contribution in [0.25, 0.3) is 0 Å². The second kappa shape index (κ2) is 22.9. The quantitative estimate of drug-likeness (QED) is 0.523. The summed E-state index contributed by atoms with van der Waals surface area (Å²) in [7, 11) is 9.71. The molecule has 0 fully saturated rings. The van der Waals surface area contributed by atoms with Crippen molar-refractivity contribution in [1.82, 2.24) is 0 Å². The van der Waals surface area contributed by atoms with Crippen molar-refractivity contribution in [1.29, 1.82) is 0 Å². The number of hydrogen-bond acceptors (Lipinski definition) is 0. The van der Waals surface area contributed by atoms with Gasteiger partial charge in [0.2, 0.25) is 0 Å². The summed E-state index contributed by atoms with van der Waals surface area (Å²) < 4.78 is 0. The van der Waals surface area contributed by atoms with E-state index >= 15 is 0 Å². The normalized spacial score (nSPS) is 7.11. The standard InChI is InChI=1S/C5H10.CH3.2ClH.Ru/c1-3-5-4-2;;;;/h3-4H,5H2,1-2H3;1H3;2*1H;/q-2;-1;;;+2/p-2. The SMILES string of the molecule is C[CH-]C[CH-]C.[CH3-].[Cl][Ru][Cl]. The molecule has 0 aromatic carbocycles. The van der Waals surface area contributed by atoms with Gasteiger partial charge in [-0.05, 0) is 0 Å². The van der Waals surface area contributed by atoms with Crippen LogP contribution in [-0.4, -0.2) is 0 Å². The van der Waals surface area contributed by atoms with Crippen LogP contribution in [0.1, 0.15) is 20.3 Å². The molecule has 0 nitrogen and oxygen atoms in total. The zero-order valence-electron chi connectivity index (χ0n) is 5.97. The van der Waals surface area contributed by atoms with Crippen LogP contribution >= 0.6 is 19.4 Å². The van der Waals surface area contributed by atoms with Crippen LogP contribution < -0.4 is 0 Å². The molecule has 0 spiro atoms. The van der Waals surface area contributed by atoms with E-state index in [4.69, 9.17) is 19.4 Å². The molecule has 3 heteroatoms. The minimum atomic E-state index is -0.346. The van der Waals surface area contributed by atoms with E-state index in [0.717, 1.165) is 6.42 Å². The Bertz CT molecular complexity index is 25.0. The molecule has 0 N–H and O–H groups in total. The van der Waals surface area contributed by atoms with Gasteiger partial charge in [-0.15, -0.1) is 0 Å². The zero-order valence-corrected chi connectivity index (χ0v) is 9.22. The Balaban J connectivity index is -0.0000000800. The predicted molar refractivity (Wildman–Crippen MR) is 42.7 cm³/mol. The molecule has 0 heterocycles. The van der Waals surface area contributed by atoms with Gasteiger partial charge in [-0.2, -0.15) is 13.8 Å². The fourth-order valence-electron chi connectivity index (χ4n) is 0.236. The topological polar surface area (TPSA) is 0 Å². The number of unbranched alkanes of at least 4 members (excludes halogenated alkanes) is 2. The van der Waals surface area contributed by atoms with Gasteiger partial charge >= 0.3 is 34.5 Å². The van der Waals surface area contributed by atoms with Crippen molar-refractivity contribution in [3.05, 3.63) is 20.3 Å². The van der Waals surface area contributed by atoms with Crippen LogP contribution in [0, 0.1) is 20.3 Å². The third-order valence-electron chi connectivity index (χ3n) is 0.471. The maximum atomic E-state index is 4.85. The van der Waals surface area contributed by atoms with Gasteiger partial charge in [-0.1, -0.05) is 0 Å². The van der Waals surface area contributed by atoms with Gasteiger partial charge in [0, 0.05) is 0 Å². The summed E-state index contributed by atoms with van der Waals surface area (Å²) >= 11 is -0.346. The van der Waals surface area contributed by atoms with Crippen LogP contribution in [0.2, 0.25) is 0 Å². The molecule has 62 valence electrons. The van der Waals surface area contributed by atoms with E-state index < -0.39 is 0 Å². The van der Waals surface area contributed by atoms with E-state index in [1.807, 2.05) is 0 Å². The van der Waals surface area contributed by atoms with E-state index in [2.05, 4.69) is 26.7 Å². The van der Waals surface area contributed by atoms with Crippen molar-refractivity contribution in [3.8, 4) is 0 Å². The predicted octanol–water partition coefficient (Wildman–Crippen LogP) is 3.65. The van der Waals surface area contributed by atoms with Crippen LogP contribution in [0.3, 0.4) is 0 Å². The average Bonchev–Trinajstić information content (AvgIpc) is 1.71. The van der Waals surface area contributed by atoms with Crippen LogP contribution in [0.5, 0.6) is 0 Å². The third kappa shape index (κ3) is 46.5. The van der Waals surface area contributed by atoms with Crippen molar-refractivity contribution in [3.63, 3.8) is 0 Å². The second-order valence-corrected chi connectivity index (χ2v) is 3.74. The first kappa shape index (κ1) is 16.7. The fraction of sp³-hybridized carbons (Fsp3) is 0.500. The molecule has 0 rings (SSSR count). The molecular weight excluding hydrogens is 244 g/mol. The molecular formula is C6H13Cl2Ru-3. The molecule has 0 saturated heterocycles. The molecule has 0 radical (unpaired) electrons. The molecule has 0 bridgehead atoms. The van der Waals surface area contributed by atoms with Crippen LogP contribution in [0.4, 0.5) is 0 Å². The number of rotatable bonds is 2. The Hall–Kier alpha value is 1.20. The van der Waals surface area contributed by atoms with Gasteiger partial charge < -0.3 is 26.7 Å². The van der Waals surface area contributed by atoms with Gasteiger partial charge in [0.1, 0.15) is 0 Å². The summed E-state index contributed by atoms with van der Waals surface area (Å²) in [6.45, 7) is 4.11. The summed E-state index contributed by atoms with van der Waals surface area (Å²) in [5, 5.41) is 0. The average molecular weight is 257 g/mol. The monoisotopic (exact) mass is 257 g/mol. The van der Waals surface area contributed by atoms with E-state index in [9.17, 15) is 0 Å². The molecule has 0 aliphatic rings. The van der Waals surface area contributed by atoms with E-state index in [1.54, 1.807) is 0 Å². The molecule has 0 atom stereocenters. The van der Waals surface area contributed by atoms with Crippen molar-refractivity contribution in [2.24, 2.45) is 0 Å². The molecule has 0 aromatic rings. The summed E-state index contributed by atoms with van der Waals surface area (Å²) in [4.78, 5) is 0. The third-order valence-corrected chi connectivity index (χ3v) is 0.471. The summed E-state index contributed by atoms with van der Waals surface area (Å²) in [5.74, 6) is 0. The Labute approximate surface area is 75.0 Å². The molecule has 0 amide bonds. The molecule has 0 saturated carbocycles. The summed E-state index contributed by atoms with van der Waals surface area (Å²) in [5.41, 5.74) is 0. The first-order valence-electron chi connectivity index (χ1n) is 2.24. The molecule has 0 aromatic heterocycles. The summed E-state index contributed by atoms with van der Waals surface area (Å²) in [6, 6.07) is 0. The van der Waals surface area contributed by atoms with Gasteiger partial charge in [0.15, 0.2) is 0 Å². The van der Waals surface area contributed by atoms with Crippen molar-refractivity contribution >= 4 is 19.4 Å². The maximum absolute atomic E-state index is 4.85. The molecule has 9 heavy (non-hydrogen) atoms. The number of halogens is 2. The van der Waals surface area contributed by atoms with Crippen LogP contribution in [0.15, 0.2) is 0 Å². The van der Waals surface area contributed by atoms with Gasteiger partial charge in [-0.25, -0.2) is 0 Å². The van der Waals surface area contributed by atoms with Gasteiger partial charge in [0.05, 0.1) is 0 Å². The fourth-order valence-corrected chi connectivity index (χ4v) is 0.236. The molecule has 0 aliphatic carbocycles. The van der Waals surface area contributed by atoms with Gasteiger partial charge in [0.25, 0.3) is 0 Å².